The van der Waals surface area contributed by atoms with E-state index in [9.17, 15) is 18.3 Å². The molecule has 0 radical (unpaired) electrons. The molecule has 76 valence electrons. The Morgan fingerprint density at radius 3 is 2.36 bits per heavy atom. The number of aryl methyl sites for hydroxylation is 1. The van der Waals surface area contributed by atoms with E-state index in [1.807, 2.05) is 0 Å². The average molecular weight is 216 g/mol. The molecule has 0 unspecified atom stereocenters. The van der Waals surface area contributed by atoms with Crippen LogP contribution in [0.1, 0.15) is 15.9 Å². The Morgan fingerprint density at radius 2 is 1.93 bits per heavy atom. The largest absolute Gasteiger partial charge is 0.507 e. The maximum absolute atomic E-state index is 10.7. The van der Waals surface area contributed by atoms with Crippen LogP contribution in [-0.4, -0.2) is 24.4 Å². The van der Waals surface area contributed by atoms with E-state index in [0.29, 0.717) is 6.29 Å². The van der Waals surface area contributed by atoms with Gasteiger partial charge in [0.05, 0.1) is 10.5 Å². The first-order chi connectivity index (χ1) is 6.36. The van der Waals surface area contributed by atoms with Crippen LogP contribution >= 0.6 is 0 Å². The Balaban J connectivity index is 3.53. The number of benzene rings is 1. The van der Waals surface area contributed by atoms with E-state index in [1.54, 1.807) is 0 Å². The van der Waals surface area contributed by atoms with Crippen molar-refractivity contribution in [3.8, 4) is 5.75 Å². The van der Waals surface area contributed by atoms with Crippen molar-refractivity contribution in [2.75, 3.05) is 0 Å². The molecule has 1 rings (SSSR count). The van der Waals surface area contributed by atoms with Crippen molar-refractivity contribution in [1.82, 2.24) is 0 Å². The normalized spacial score (nSPS) is 11.3. The number of hydrogen-bond donors (Lipinski definition) is 2. The smallest absolute Gasteiger partial charge is 0.294 e. The highest BCUT2D eigenvalue weighted by molar-refractivity contribution is 7.85. The number of aldehydes is 1. The van der Waals surface area contributed by atoms with Crippen LogP contribution in [0.4, 0.5) is 0 Å². The SMILES string of the molecule is Cc1cc(S(=O)(=O)O)cc(C=O)c1O. The molecule has 0 amide bonds. The van der Waals surface area contributed by atoms with Gasteiger partial charge >= 0.3 is 0 Å². The molecule has 0 aromatic heterocycles. The van der Waals surface area contributed by atoms with Crippen LogP contribution < -0.4 is 0 Å². The van der Waals surface area contributed by atoms with Gasteiger partial charge in [-0.25, -0.2) is 0 Å². The molecule has 0 heterocycles. The number of phenolic OH excluding ortho intramolecular Hbond substituents is 1. The zero-order valence-electron chi connectivity index (χ0n) is 7.26. The molecule has 1 aromatic rings. The summed E-state index contributed by atoms with van der Waals surface area (Å²) < 4.78 is 30.1. The lowest BCUT2D eigenvalue weighted by Crippen LogP contribution is -2.00. The predicted molar refractivity (Wildman–Crippen MR) is 48.0 cm³/mol. The second-order valence-corrected chi connectivity index (χ2v) is 4.19. The number of aromatic hydroxyl groups is 1. The third-order valence-corrected chi connectivity index (χ3v) is 2.56. The summed E-state index contributed by atoms with van der Waals surface area (Å²) in [5, 5.41) is 9.28. The summed E-state index contributed by atoms with van der Waals surface area (Å²) >= 11 is 0. The summed E-state index contributed by atoms with van der Waals surface area (Å²) in [5.74, 6) is -0.285. The fraction of sp³-hybridized carbons (Fsp3) is 0.125. The summed E-state index contributed by atoms with van der Waals surface area (Å²) in [5.41, 5.74) is 0.0415. The van der Waals surface area contributed by atoms with Gasteiger partial charge in [0.2, 0.25) is 0 Å². The van der Waals surface area contributed by atoms with Crippen molar-refractivity contribution in [2.24, 2.45) is 0 Å². The maximum Gasteiger partial charge on any atom is 0.294 e. The minimum Gasteiger partial charge on any atom is -0.507 e. The lowest BCUT2D eigenvalue weighted by atomic mass is 10.1. The zero-order valence-corrected chi connectivity index (χ0v) is 8.08. The Labute approximate surface area is 80.7 Å². The van der Waals surface area contributed by atoms with Crippen LogP contribution in [0.2, 0.25) is 0 Å². The molecule has 1 aromatic carbocycles. The summed E-state index contributed by atoms with van der Waals surface area (Å²) in [6.45, 7) is 1.43. The number of rotatable bonds is 2. The Kier molecular flexibility index (Phi) is 2.59. The molecule has 0 fully saturated rings. The fourth-order valence-electron chi connectivity index (χ4n) is 1.01. The summed E-state index contributed by atoms with van der Waals surface area (Å²) in [6.07, 6.45) is 0.316. The van der Waals surface area contributed by atoms with Gasteiger partial charge in [-0.1, -0.05) is 0 Å². The van der Waals surface area contributed by atoms with Crippen LogP contribution in [0.5, 0.6) is 5.75 Å². The van der Waals surface area contributed by atoms with Crippen LogP contribution in [0, 0.1) is 6.92 Å². The van der Waals surface area contributed by atoms with Gasteiger partial charge in [-0.15, -0.1) is 0 Å². The van der Waals surface area contributed by atoms with Crippen molar-refractivity contribution in [1.29, 1.82) is 0 Å². The second kappa shape index (κ2) is 3.39. The highest BCUT2D eigenvalue weighted by atomic mass is 32.2. The monoisotopic (exact) mass is 216 g/mol. The van der Waals surface area contributed by atoms with E-state index < -0.39 is 15.0 Å². The van der Waals surface area contributed by atoms with Crippen molar-refractivity contribution < 1.29 is 22.9 Å². The predicted octanol–water partition coefficient (Wildman–Crippen LogP) is 0.760. The number of hydrogen-bond acceptors (Lipinski definition) is 4. The molecule has 0 aliphatic rings. The zero-order chi connectivity index (χ0) is 10.9. The van der Waals surface area contributed by atoms with Crippen LogP contribution in [0.3, 0.4) is 0 Å². The van der Waals surface area contributed by atoms with Gasteiger partial charge in [0.1, 0.15) is 5.75 Å². The molecule has 6 heteroatoms. The molecule has 0 saturated carbocycles. The van der Waals surface area contributed by atoms with Crippen molar-refractivity contribution in [2.45, 2.75) is 11.8 Å². The highest BCUT2D eigenvalue weighted by Crippen LogP contribution is 2.24. The van der Waals surface area contributed by atoms with E-state index >= 15 is 0 Å². The molecule has 0 aliphatic heterocycles. The molecular weight excluding hydrogens is 208 g/mol. The Hall–Kier alpha value is -1.40. The molecule has 0 aliphatic carbocycles. The van der Waals surface area contributed by atoms with E-state index in [4.69, 9.17) is 4.55 Å². The first kappa shape index (κ1) is 10.7. The van der Waals surface area contributed by atoms with Gasteiger partial charge in [0.25, 0.3) is 10.1 Å². The van der Waals surface area contributed by atoms with Crippen LogP contribution in [0.25, 0.3) is 0 Å². The number of phenols is 1. The summed E-state index contributed by atoms with van der Waals surface area (Å²) in [7, 11) is -4.34. The van der Waals surface area contributed by atoms with Gasteiger partial charge in [0, 0.05) is 0 Å². The fourth-order valence-corrected chi connectivity index (χ4v) is 1.61. The standard InChI is InChI=1S/C8H8O5S/c1-5-2-7(14(11,12)13)3-6(4-9)8(5)10/h2-4,10H,1H3,(H,11,12,13). The maximum atomic E-state index is 10.7. The second-order valence-electron chi connectivity index (χ2n) is 2.77. The van der Waals surface area contributed by atoms with Gasteiger partial charge < -0.3 is 5.11 Å². The number of carbonyl (C=O) groups excluding carboxylic acids is 1. The van der Waals surface area contributed by atoms with Crippen LogP contribution in [-0.2, 0) is 10.1 Å². The summed E-state index contributed by atoms with van der Waals surface area (Å²) in [6, 6.07) is 1.99. The van der Waals surface area contributed by atoms with E-state index in [2.05, 4.69) is 0 Å². The van der Waals surface area contributed by atoms with Gasteiger partial charge in [-0.05, 0) is 24.6 Å². The topological polar surface area (TPSA) is 91.7 Å². The summed E-state index contributed by atoms with van der Waals surface area (Å²) in [4.78, 5) is 10.0. The van der Waals surface area contributed by atoms with Crippen molar-refractivity contribution >= 4 is 16.4 Å². The van der Waals surface area contributed by atoms with Gasteiger partial charge in [-0.2, -0.15) is 8.42 Å². The molecule has 0 atom stereocenters. The Bertz CT molecular complexity index is 475. The van der Waals surface area contributed by atoms with E-state index in [0.717, 1.165) is 12.1 Å². The van der Waals surface area contributed by atoms with E-state index in [-0.39, 0.29) is 16.9 Å². The van der Waals surface area contributed by atoms with Crippen molar-refractivity contribution in [3.05, 3.63) is 23.3 Å². The van der Waals surface area contributed by atoms with Gasteiger partial charge in [0.15, 0.2) is 6.29 Å². The van der Waals surface area contributed by atoms with Gasteiger partial charge in [-0.3, -0.25) is 9.35 Å². The molecule has 0 bridgehead atoms. The van der Waals surface area contributed by atoms with E-state index in [1.165, 1.54) is 6.92 Å². The van der Waals surface area contributed by atoms with Crippen LogP contribution in [0.15, 0.2) is 17.0 Å². The number of carbonyl (C=O) groups is 1. The first-order valence-corrected chi connectivity index (χ1v) is 5.06. The molecule has 5 nitrogen and oxygen atoms in total. The average Bonchev–Trinajstić information content (AvgIpc) is 2.07. The third-order valence-electron chi connectivity index (χ3n) is 1.73. The quantitative estimate of drug-likeness (QED) is 0.562. The third kappa shape index (κ3) is 1.91. The lowest BCUT2D eigenvalue weighted by molar-refractivity contribution is 0.112. The minimum atomic E-state index is -4.34. The highest BCUT2D eigenvalue weighted by Gasteiger charge is 2.14. The molecular formula is C8H8O5S. The molecule has 2 N–H and O–H groups in total. The molecule has 14 heavy (non-hydrogen) atoms. The first-order valence-electron chi connectivity index (χ1n) is 3.62. The minimum absolute atomic E-state index is 0.169. The molecule has 0 spiro atoms. The van der Waals surface area contributed by atoms with Crippen molar-refractivity contribution in [3.63, 3.8) is 0 Å². The lowest BCUT2D eigenvalue weighted by Gasteiger charge is -2.04. The molecule has 0 saturated heterocycles. The Morgan fingerprint density at radius 1 is 1.36 bits per heavy atom.